The highest BCUT2D eigenvalue weighted by Gasteiger charge is 2.14. The first kappa shape index (κ1) is 7.80. The van der Waals surface area contributed by atoms with Gasteiger partial charge in [0.15, 0.2) is 5.78 Å². The summed E-state index contributed by atoms with van der Waals surface area (Å²) < 4.78 is 0. The summed E-state index contributed by atoms with van der Waals surface area (Å²) in [5.74, 6) is -0.142. The second-order valence-corrected chi connectivity index (χ2v) is 2.55. The van der Waals surface area contributed by atoms with Crippen molar-refractivity contribution in [1.82, 2.24) is 5.32 Å². The zero-order valence-corrected chi connectivity index (χ0v) is 6.48. The second-order valence-electron chi connectivity index (χ2n) is 2.55. The van der Waals surface area contributed by atoms with Crippen LogP contribution in [0.1, 0.15) is 19.8 Å². The molecule has 0 saturated carbocycles. The van der Waals surface area contributed by atoms with Gasteiger partial charge < -0.3 is 5.32 Å². The van der Waals surface area contributed by atoms with E-state index in [2.05, 4.69) is 5.32 Å². The SMILES string of the molecule is CC(=O)/C(C#N)=C1\CCCN1. The largest absolute Gasteiger partial charge is 0.387 e. The number of hydrogen-bond acceptors (Lipinski definition) is 3. The number of hydrogen-bond donors (Lipinski definition) is 1. The van der Waals surface area contributed by atoms with Crippen LogP contribution in [0.25, 0.3) is 0 Å². The van der Waals surface area contributed by atoms with Gasteiger partial charge >= 0.3 is 0 Å². The summed E-state index contributed by atoms with van der Waals surface area (Å²) in [6, 6.07) is 1.91. The number of allylic oxidation sites excluding steroid dienone is 2. The smallest absolute Gasteiger partial charge is 0.172 e. The minimum Gasteiger partial charge on any atom is -0.387 e. The molecular formula is C8H10N2O. The number of carbonyl (C=O) groups is 1. The van der Waals surface area contributed by atoms with Gasteiger partial charge in [0.05, 0.1) is 0 Å². The molecule has 1 aliphatic rings. The molecule has 0 amide bonds. The van der Waals surface area contributed by atoms with Crippen molar-refractivity contribution in [3.63, 3.8) is 0 Å². The first-order valence-electron chi connectivity index (χ1n) is 3.63. The fourth-order valence-corrected chi connectivity index (χ4v) is 1.16. The molecule has 11 heavy (non-hydrogen) atoms. The summed E-state index contributed by atoms with van der Waals surface area (Å²) in [4.78, 5) is 10.8. The number of ketones is 1. The molecule has 0 aromatic heterocycles. The minimum absolute atomic E-state index is 0.142. The topological polar surface area (TPSA) is 52.9 Å². The lowest BCUT2D eigenvalue weighted by Crippen LogP contribution is -2.09. The average molecular weight is 150 g/mol. The Balaban J connectivity index is 2.90. The zero-order chi connectivity index (χ0) is 8.27. The Morgan fingerprint density at radius 1 is 1.73 bits per heavy atom. The van der Waals surface area contributed by atoms with Gasteiger partial charge in [-0.15, -0.1) is 0 Å². The van der Waals surface area contributed by atoms with E-state index in [-0.39, 0.29) is 5.78 Å². The maximum atomic E-state index is 10.8. The van der Waals surface area contributed by atoms with Crippen molar-refractivity contribution in [2.24, 2.45) is 0 Å². The summed E-state index contributed by atoms with van der Waals surface area (Å²) in [6.45, 7) is 2.30. The van der Waals surface area contributed by atoms with E-state index in [1.54, 1.807) is 0 Å². The molecule has 58 valence electrons. The van der Waals surface area contributed by atoms with Gasteiger partial charge in [-0.3, -0.25) is 4.79 Å². The molecule has 0 aliphatic carbocycles. The number of nitriles is 1. The van der Waals surface area contributed by atoms with Crippen LogP contribution in [0.5, 0.6) is 0 Å². The number of nitrogens with one attached hydrogen (secondary N) is 1. The molecule has 1 N–H and O–H groups in total. The van der Waals surface area contributed by atoms with E-state index in [1.165, 1.54) is 6.92 Å². The first-order chi connectivity index (χ1) is 5.25. The lowest BCUT2D eigenvalue weighted by atomic mass is 10.1. The summed E-state index contributed by atoms with van der Waals surface area (Å²) in [6.07, 6.45) is 1.86. The van der Waals surface area contributed by atoms with Crippen LogP contribution < -0.4 is 5.32 Å². The summed E-state index contributed by atoms with van der Waals surface area (Å²) in [7, 11) is 0. The van der Waals surface area contributed by atoms with Crippen LogP contribution in [0.3, 0.4) is 0 Å². The maximum absolute atomic E-state index is 10.8. The lowest BCUT2D eigenvalue weighted by molar-refractivity contribution is -0.113. The molecule has 1 saturated heterocycles. The van der Waals surface area contributed by atoms with E-state index in [0.717, 1.165) is 25.1 Å². The predicted octanol–water partition coefficient (Wildman–Crippen LogP) is 0.736. The van der Waals surface area contributed by atoms with Crippen LogP contribution in [-0.2, 0) is 4.79 Å². The highest BCUT2D eigenvalue weighted by molar-refractivity contribution is 5.97. The summed E-state index contributed by atoms with van der Waals surface area (Å²) >= 11 is 0. The van der Waals surface area contributed by atoms with Gasteiger partial charge in [-0.2, -0.15) is 5.26 Å². The Morgan fingerprint density at radius 2 is 2.45 bits per heavy atom. The minimum atomic E-state index is -0.142. The van der Waals surface area contributed by atoms with Crippen LogP contribution in [0.2, 0.25) is 0 Å². The maximum Gasteiger partial charge on any atom is 0.172 e. The van der Waals surface area contributed by atoms with E-state index in [1.807, 2.05) is 6.07 Å². The summed E-state index contributed by atoms with van der Waals surface area (Å²) in [5.41, 5.74) is 1.11. The van der Waals surface area contributed by atoms with Gasteiger partial charge in [-0.25, -0.2) is 0 Å². The van der Waals surface area contributed by atoms with Gasteiger partial charge in [0, 0.05) is 12.2 Å². The van der Waals surface area contributed by atoms with E-state index in [4.69, 9.17) is 5.26 Å². The molecule has 3 heteroatoms. The van der Waals surface area contributed by atoms with Crippen LogP contribution >= 0.6 is 0 Å². The monoisotopic (exact) mass is 150 g/mol. The molecule has 0 atom stereocenters. The highest BCUT2D eigenvalue weighted by atomic mass is 16.1. The molecule has 0 unspecified atom stereocenters. The Kier molecular flexibility index (Phi) is 2.27. The van der Waals surface area contributed by atoms with E-state index in [9.17, 15) is 4.79 Å². The van der Waals surface area contributed by atoms with Crippen LogP contribution in [0.4, 0.5) is 0 Å². The zero-order valence-electron chi connectivity index (χ0n) is 6.48. The highest BCUT2D eigenvalue weighted by Crippen LogP contribution is 2.13. The fraction of sp³-hybridized carbons (Fsp3) is 0.500. The molecule has 0 aromatic carbocycles. The Hall–Kier alpha value is -1.30. The third-order valence-corrected chi connectivity index (χ3v) is 1.71. The van der Waals surface area contributed by atoms with E-state index >= 15 is 0 Å². The normalized spacial score (nSPS) is 20.4. The molecule has 3 nitrogen and oxygen atoms in total. The molecule has 1 heterocycles. The van der Waals surface area contributed by atoms with Gasteiger partial charge in [0.1, 0.15) is 11.6 Å². The fourth-order valence-electron chi connectivity index (χ4n) is 1.16. The Labute approximate surface area is 65.7 Å². The van der Waals surface area contributed by atoms with E-state index in [0.29, 0.717) is 5.57 Å². The van der Waals surface area contributed by atoms with Crippen molar-refractivity contribution in [2.75, 3.05) is 6.54 Å². The van der Waals surface area contributed by atoms with Crippen LogP contribution in [-0.4, -0.2) is 12.3 Å². The Bertz CT molecular complexity index is 239. The van der Waals surface area contributed by atoms with Crippen molar-refractivity contribution in [3.8, 4) is 6.07 Å². The molecular weight excluding hydrogens is 140 g/mol. The third kappa shape index (κ3) is 1.58. The lowest BCUT2D eigenvalue weighted by Gasteiger charge is -1.98. The molecule has 0 bridgehead atoms. The molecule has 0 radical (unpaired) electrons. The van der Waals surface area contributed by atoms with Crippen molar-refractivity contribution >= 4 is 5.78 Å². The number of carbonyl (C=O) groups excluding carboxylic acids is 1. The predicted molar refractivity (Wildman–Crippen MR) is 40.6 cm³/mol. The Morgan fingerprint density at radius 3 is 2.82 bits per heavy atom. The average Bonchev–Trinajstić information content (AvgIpc) is 2.40. The van der Waals surface area contributed by atoms with Crippen LogP contribution in [0.15, 0.2) is 11.3 Å². The standard InChI is InChI=1S/C8H10N2O/c1-6(11)7(5-9)8-3-2-4-10-8/h10H,2-4H2,1H3/b8-7+. The van der Waals surface area contributed by atoms with E-state index < -0.39 is 0 Å². The van der Waals surface area contributed by atoms with Crippen LogP contribution in [0, 0.1) is 11.3 Å². The molecule has 1 aliphatic heterocycles. The van der Waals surface area contributed by atoms with Crippen molar-refractivity contribution in [1.29, 1.82) is 5.26 Å². The number of Topliss-reactive ketones (excluding diaryl/α,β-unsaturated/α-hetero) is 1. The van der Waals surface area contributed by atoms with Gasteiger partial charge in [0.2, 0.25) is 0 Å². The molecule has 0 spiro atoms. The van der Waals surface area contributed by atoms with Gasteiger partial charge in [0.25, 0.3) is 0 Å². The van der Waals surface area contributed by atoms with Gasteiger partial charge in [-0.05, 0) is 19.8 Å². The quantitative estimate of drug-likeness (QED) is 0.443. The molecule has 0 aromatic rings. The number of rotatable bonds is 1. The van der Waals surface area contributed by atoms with Crippen molar-refractivity contribution in [2.45, 2.75) is 19.8 Å². The van der Waals surface area contributed by atoms with Crippen molar-refractivity contribution < 1.29 is 4.79 Å². The van der Waals surface area contributed by atoms with Crippen molar-refractivity contribution in [3.05, 3.63) is 11.3 Å². The third-order valence-electron chi connectivity index (χ3n) is 1.71. The first-order valence-corrected chi connectivity index (χ1v) is 3.63. The second kappa shape index (κ2) is 3.20. The van der Waals surface area contributed by atoms with Gasteiger partial charge in [-0.1, -0.05) is 0 Å². The molecule has 1 rings (SSSR count). The summed E-state index contributed by atoms with van der Waals surface area (Å²) in [5, 5.41) is 11.6. The molecule has 1 fully saturated rings. The number of nitrogens with zero attached hydrogens (tertiary/aromatic N) is 1.